The topological polar surface area (TPSA) is 0 Å². The average Bonchev–Trinajstić information content (AvgIpc) is 1.81. The minimum absolute atomic E-state index is 0. The molecule has 9 heavy (non-hydrogen) atoms. The Morgan fingerprint density at radius 2 is 2.00 bits per heavy atom. The number of hydrogen-bond acceptors (Lipinski definition) is 0. The zero-order chi connectivity index (χ0) is 6.24. The van der Waals surface area contributed by atoms with Crippen molar-refractivity contribution >= 4 is 23.1 Å². The fraction of sp³-hybridized carbons (Fsp3) is 0.750. The van der Waals surface area contributed by atoms with Gasteiger partial charge in [-0.15, -0.1) is 6.58 Å². The molecule has 0 rings (SSSR count). The quantitative estimate of drug-likeness (QED) is 0.311. The summed E-state index contributed by atoms with van der Waals surface area (Å²) in [6, 6.07) is 0. The fourth-order valence-corrected chi connectivity index (χ4v) is 0.715. The summed E-state index contributed by atoms with van der Waals surface area (Å²) in [5, 5.41) is 0. The Hall–Kier alpha value is 0.506. The van der Waals surface area contributed by atoms with Crippen LogP contribution in [0.25, 0.3) is 0 Å². The summed E-state index contributed by atoms with van der Waals surface area (Å²) in [7, 11) is 0. The molecule has 0 heterocycles. The van der Waals surface area contributed by atoms with E-state index in [-0.39, 0.29) is 25.9 Å². The second-order valence-corrected chi connectivity index (χ2v) is 2.14. The van der Waals surface area contributed by atoms with E-state index in [1.54, 1.807) is 0 Å². The molecular weight excluding hydrogens is 120 g/mol. The van der Waals surface area contributed by atoms with Gasteiger partial charge in [-0.2, -0.15) is 0 Å². The molecule has 0 aliphatic carbocycles. The SMILES string of the molecule is C=CCCCCCC.[H-].[H-].[Mg+2]. The molecule has 0 aromatic carbocycles. The Morgan fingerprint density at radius 1 is 1.33 bits per heavy atom. The van der Waals surface area contributed by atoms with Crippen LogP contribution in [-0.2, 0) is 0 Å². The molecule has 0 nitrogen and oxygen atoms in total. The van der Waals surface area contributed by atoms with Crippen molar-refractivity contribution in [2.24, 2.45) is 0 Å². The molecule has 0 fully saturated rings. The van der Waals surface area contributed by atoms with E-state index in [1.165, 1.54) is 32.1 Å². The van der Waals surface area contributed by atoms with Gasteiger partial charge in [0.05, 0.1) is 0 Å². The van der Waals surface area contributed by atoms with E-state index in [2.05, 4.69) is 13.5 Å². The van der Waals surface area contributed by atoms with Gasteiger partial charge in [-0.05, 0) is 12.8 Å². The first kappa shape index (κ1) is 12.2. The van der Waals surface area contributed by atoms with Gasteiger partial charge in [0, 0.05) is 0 Å². The van der Waals surface area contributed by atoms with Gasteiger partial charge in [-0.25, -0.2) is 0 Å². The molecule has 0 radical (unpaired) electrons. The maximum atomic E-state index is 3.66. The van der Waals surface area contributed by atoms with Gasteiger partial charge in [0.25, 0.3) is 0 Å². The monoisotopic (exact) mass is 138 g/mol. The van der Waals surface area contributed by atoms with E-state index < -0.39 is 0 Å². The normalized spacial score (nSPS) is 8.11. The van der Waals surface area contributed by atoms with Gasteiger partial charge in [0.15, 0.2) is 0 Å². The number of hydrogen-bond donors (Lipinski definition) is 0. The van der Waals surface area contributed by atoms with Gasteiger partial charge in [-0.3, -0.25) is 0 Å². The minimum Gasteiger partial charge on any atom is -1.00 e. The molecule has 1 heteroatoms. The number of unbranched alkanes of at least 4 members (excludes halogenated alkanes) is 4. The van der Waals surface area contributed by atoms with Crippen LogP contribution in [0.5, 0.6) is 0 Å². The van der Waals surface area contributed by atoms with Crippen molar-refractivity contribution in [3.63, 3.8) is 0 Å². The second kappa shape index (κ2) is 11.3. The van der Waals surface area contributed by atoms with Crippen molar-refractivity contribution in [3.8, 4) is 0 Å². The van der Waals surface area contributed by atoms with Crippen molar-refractivity contribution in [3.05, 3.63) is 12.7 Å². The molecule has 0 unspecified atom stereocenters. The summed E-state index contributed by atoms with van der Waals surface area (Å²) in [5.41, 5.74) is 0. The smallest absolute Gasteiger partial charge is 1.00 e. The largest absolute Gasteiger partial charge is 2.00 e. The maximum Gasteiger partial charge on any atom is 2.00 e. The molecule has 0 aliphatic heterocycles. The van der Waals surface area contributed by atoms with Crippen LogP contribution in [0.3, 0.4) is 0 Å². The Kier molecular flexibility index (Phi) is 15.4. The summed E-state index contributed by atoms with van der Waals surface area (Å²) >= 11 is 0. The van der Waals surface area contributed by atoms with E-state index in [0.29, 0.717) is 0 Å². The van der Waals surface area contributed by atoms with Gasteiger partial charge in [0.1, 0.15) is 0 Å². The van der Waals surface area contributed by atoms with Crippen LogP contribution in [0.4, 0.5) is 0 Å². The number of allylic oxidation sites excluding steroid dienone is 1. The van der Waals surface area contributed by atoms with Crippen molar-refractivity contribution < 1.29 is 2.85 Å². The third kappa shape index (κ3) is 11.9. The van der Waals surface area contributed by atoms with Crippen molar-refractivity contribution in [1.82, 2.24) is 0 Å². The third-order valence-electron chi connectivity index (χ3n) is 1.26. The Bertz CT molecular complexity index is 58.1. The van der Waals surface area contributed by atoms with Crippen molar-refractivity contribution in [2.75, 3.05) is 0 Å². The zero-order valence-electron chi connectivity index (χ0n) is 8.53. The predicted molar refractivity (Wildman–Crippen MR) is 46.9 cm³/mol. The van der Waals surface area contributed by atoms with Crippen LogP contribution in [-0.4, -0.2) is 23.1 Å². The zero-order valence-corrected chi connectivity index (χ0v) is 7.94. The average molecular weight is 139 g/mol. The number of rotatable bonds is 5. The van der Waals surface area contributed by atoms with E-state index in [0.717, 1.165) is 0 Å². The molecule has 0 N–H and O–H groups in total. The first-order valence-corrected chi connectivity index (χ1v) is 3.52. The van der Waals surface area contributed by atoms with Gasteiger partial charge in [-0.1, -0.05) is 32.3 Å². The van der Waals surface area contributed by atoms with Gasteiger partial charge < -0.3 is 2.85 Å². The Morgan fingerprint density at radius 3 is 2.44 bits per heavy atom. The molecule has 0 aromatic rings. The Balaban J connectivity index is -0.0000000817. The molecule has 0 aromatic heterocycles. The van der Waals surface area contributed by atoms with Crippen LogP contribution in [0, 0.1) is 0 Å². The van der Waals surface area contributed by atoms with E-state index in [4.69, 9.17) is 0 Å². The Labute approximate surface area is 77.8 Å². The molecule has 0 aliphatic rings. The standard InChI is InChI=1S/C8H16.Mg.2H/c1-3-5-7-8-6-4-2;;;/h3H,1,4-8H2,2H3;;;/q;+2;2*-1. The first-order chi connectivity index (χ1) is 3.91. The summed E-state index contributed by atoms with van der Waals surface area (Å²) in [6.07, 6.45) is 8.61. The third-order valence-corrected chi connectivity index (χ3v) is 1.26. The molecule has 0 saturated heterocycles. The summed E-state index contributed by atoms with van der Waals surface area (Å²) < 4.78 is 0. The van der Waals surface area contributed by atoms with Crippen LogP contribution < -0.4 is 0 Å². The maximum absolute atomic E-state index is 3.66. The van der Waals surface area contributed by atoms with Crippen molar-refractivity contribution in [1.29, 1.82) is 0 Å². The molecule has 0 atom stereocenters. The summed E-state index contributed by atoms with van der Waals surface area (Å²) in [4.78, 5) is 0. The predicted octanol–water partition coefficient (Wildman–Crippen LogP) is 2.99. The van der Waals surface area contributed by atoms with E-state index in [1.807, 2.05) is 6.08 Å². The van der Waals surface area contributed by atoms with Crippen LogP contribution in [0.2, 0.25) is 0 Å². The minimum atomic E-state index is 0. The van der Waals surface area contributed by atoms with Crippen molar-refractivity contribution in [2.45, 2.75) is 39.0 Å². The molecule has 0 bridgehead atoms. The van der Waals surface area contributed by atoms with Gasteiger partial charge in [0.2, 0.25) is 0 Å². The fourth-order valence-electron chi connectivity index (χ4n) is 0.715. The summed E-state index contributed by atoms with van der Waals surface area (Å²) in [6.45, 7) is 5.89. The molecule has 0 saturated carbocycles. The van der Waals surface area contributed by atoms with E-state index in [9.17, 15) is 0 Å². The molecule has 52 valence electrons. The molecule has 0 amide bonds. The van der Waals surface area contributed by atoms with Crippen LogP contribution in [0.15, 0.2) is 12.7 Å². The first-order valence-electron chi connectivity index (χ1n) is 3.52. The molecular formula is C8H18Mg. The second-order valence-electron chi connectivity index (χ2n) is 2.14. The van der Waals surface area contributed by atoms with Crippen LogP contribution in [0.1, 0.15) is 41.9 Å². The van der Waals surface area contributed by atoms with Crippen LogP contribution >= 0.6 is 0 Å². The molecule has 0 spiro atoms. The van der Waals surface area contributed by atoms with Gasteiger partial charge >= 0.3 is 23.1 Å². The van der Waals surface area contributed by atoms with E-state index >= 15 is 0 Å². The summed E-state index contributed by atoms with van der Waals surface area (Å²) in [5.74, 6) is 0.